The lowest BCUT2D eigenvalue weighted by Gasteiger charge is -2.31. The number of para-hydroxylation sites is 1. The summed E-state index contributed by atoms with van der Waals surface area (Å²) in [6, 6.07) is 24.8. The average molecular weight is 652 g/mol. The van der Waals surface area contributed by atoms with Crippen LogP contribution in [-0.2, 0) is 19.4 Å². The number of aromatic nitrogens is 2. The van der Waals surface area contributed by atoms with Crippen molar-refractivity contribution in [3.8, 4) is 11.5 Å². The first kappa shape index (κ1) is 32.0. The normalized spacial score (nSPS) is 12.6. The van der Waals surface area contributed by atoms with Crippen molar-refractivity contribution in [2.24, 2.45) is 0 Å². The zero-order valence-corrected chi connectivity index (χ0v) is 27.3. The van der Waals surface area contributed by atoms with Crippen LogP contribution in [0, 0.1) is 0 Å². The highest BCUT2D eigenvalue weighted by molar-refractivity contribution is 7.22. The Hall–Kier alpha value is -5.00. The number of nitrogens with one attached hydrogen (secondary N) is 1. The molecule has 1 aliphatic rings. The van der Waals surface area contributed by atoms with E-state index in [0.717, 1.165) is 33.6 Å². The maximum Gasteiger partial charge on any atom is 0.354 e. The smallest absolute Gasteiger partial charge is 0.354 e. The predicted octanol–water partition coefficient (Wildman–Crippen LogP) is 6.16. The molecule has 3 aromatic carbocycles. The van der Waals surface area contributed by atoms with Crippen LogP contribution >= 0.6 is 11.3 Å². The molecule has 1 amide bonds. The van der Waals surface area contributed by atoms with Gasteiger partial charge in [0.15, 0.2) is 10.8 Å². The number of aryl methyl sites for hydroxylation is 1. The first-order valence-corrected chi connectivity index (χ1v) is 16.4. The van der Waals surface area contributed by atoms with Crippen molar-refractivity contribution < 1.29 is 24.2 Å². The molecule has 5 aromatic rings. The maximum atomic E-state index is 13.4. The van der Waals surface area contributed by atoms with Crippen molar-refractivity contribution in [3.63, 3.8) is 0 Å². The van der Waals surface area contributed by atoms with Gasteiger partial charge in [-0.25, -0.2) is 14.8 Å². The number of hydrogen-bond acceptors (Lipinski definition) is 9. The number of carbonyl (C=O) groups is 2. The lowest BCUT2D eigenvalue weighted by atomic mass is 9.94. The summed E-state index contributed by atoms with van der Waals surface area (Å²) in [5.74, 6) is 0.735. The van der Waals surface area contributed by atoms with Gasteiger partial charge in [0.05, 0.1) is 16.8 Å². The fraction of sp³-hybridized carbons (Fsp3) is 0.278. The molecule has 0 unspecified atom stereocenters. The van der Waals surface area contributed by atoms with E-state index in [1.165, 1.54) is 11.3 Å². The van der Waals surface area contributed by atoms with Gasteiger partial charge in [0.2, 0.25) is 0 Å². The van der Waals surface area contributed by atoms with Crippen LogP contribution in [0.3, 0.4) is 0 Å². The third-order valence-corrected chi connectivity index (χ3v) is 8.95. The number of carboxylic acids is 1. The van der Waals surface area contributed by atoms with E-state index in [4.69, 9.17) is 9.47 Å². The van der Waals surface area contributed by atoms with Crippen LogP contribution in [0.2, 0.25) is 0 Å². The molecule has 2 aromatic heterocycles. The number of aromatic carboxylic acids is 1. The first-order chi connectivity index (χ1) is 22.8. The second-order valence-corrected chi connectivity index (χ2v) is 12.6. The molecule has 0 aliphatic carbocycles. The third-order valence-electron chi connectivity index (χ3n) is 7.99. The Morgan fingerprint density at radius 3 is 2.53 bits per heavy atom. The second kappa shape index (κ2) is 14.6. The second-order valence-electron chi connectivity index (χ2n) is 11.6. The van der Waals surface area contributed by atoms with E-state index in [9.17, 15) is 14.7 Å². The monoisotopic (exact) mass is 651 g/mol. The van der Waals surface area contributed by atoms with Crippen molar-refractivity contribution in [2.45, 2.75) is 25.8 Å². The topological polar surface area (TPSA) is 117 Å². The number of carboxylic acid groups (broad SMARTS) is 1. The Balaban J connectivity index is 1.09. The van der Waals surface area contributed by atoms with Crippen LogP contribution < -0.4 is 19.7 Å². The summed E-state index contributed by atoms with van der Waals surface area (Å²) in [6.07, 6.45) is 1.84. The minimum Gasteiger partial charge on any atom is -0.493 e. The van der Waals surface area contributed by atoms with E-state index in [2.05, 4.69) is 20.2 Å². The fourth-order valence-corrected chi connectivity index (χ4v) is 6.43. The number of carbonyl (C=O) groups excluding carboxylic acids is 1. The number of rotatable bonds is 13. The highest BCUT2D eigenvalue weighted by Crippen LogP contribution is 2.30. The Bertz CT molecular complexity index is 1860. The average Bonchev–Trinajstić information content (AvgIpc) is 3.48. The van der Waals surface area contributed by atoms with Gasteiger partial charge in [-0.1, -0.05) is 47.7 Å². The third kappa shape index (κ3) is 7.87. The highest BCUT2D eigenvalue weighted by Gasteiger charge is 2.25. The summed E-state index contributed by atoms with van der Waals surface area (Å²) < 4.78 is 12.7. The van der Waals surface area contributed by atoms with Crippen LogP contribution in [0.5, 0.6) is 11.5 Å². The zero-order chi connectivity index (χ0) is 32.8. The van der Waals surface area contributed by atoms with Crippen LogP contribution in [0.15, 0.2) is 78.9 Å². The van der Waals surface area contributed by atoms with Gasteiger partial charge >= 0.3 is 5.97 Å². The van der Waals surface area contributed by atoms with Crippen molar-refractivity contribution in [1.82, 2.24) is 14.9 Å². The summed E-state index contributed by atoms with van der Waals surface area (Å²) in [4.78, 5) is 38.9. The molecule has 3 heterocycles. The van der Waals surface area contributed by atoms with Gasteiger partial charge in [-0.2, -0.15) is 0 Å². The van der Waals surface area contributed by atoms with Crippen molar-refractivity contribution in [1.29, 1.82) is 0 Å². The Morgan fingerprint density at radius 1 is 0.957 bits per heavy atom. The lowest BCUT2D eigenvalue weighted by molar-refractivity contribution is 0.0688. The van der Waals surface area contributed by atoms with Gasteiger partial charge < -0.3 is 24.4 Å². The van der Waals surface area contributed by atoms with Crippen molar-refractivity contribution >= 4 is 44.4 Å². The standard InChI is InChI=1S/C36H37N5O5S/c1-40(2)19-21-46-27-11-6-10-26(22-27)45-20-7-9-25-15-16-32(38-33(25)35(43)44)41-18-17-24-8-5-12-28(29(24)23-41)34(42)39-36-37-30-13-3-4-14-31(30)47-36/h3-6,8,10-16,22H,7,9,17-21,23H2,1-2H3,(H,43,44)(H,37,39,42). The molecule has 0 saturated heterocycles. The Morgan fingerprint density at radius 2 is 1.74 bits per heavy atom. The van der Waals surface area contributed by atoms with E-state index in [1.54, 1.807) is 0 Å². The van der Waals surface area contributed by atoms with E-state index in [0.29, 0.717) is 73.4 Å². The van der Waals surface area contributed by atoms with Crippen LogP contribution in [0.1, 0.15) is 44.0 Å². The summed E-state index contributed by atoms with van der Waals surface area (Å²) in [5.41, 5.74) is 4.11. The van der Waals surface area contributed by atoms with Gasteiger partial charge in [-0.15, -0.1) is 0 Å². The molecule has 0 radical (unpaired) electrons. The first-order valence-electron chi connectivity index (χ1n) is 15.6. The Labute approximate surface area is 277 Å². The number of hydrogen-bond donors (Lipinski definition) is 2. The molecule has 11 heteroatoms. The van der Waals surface area contributed by atoms with Crippen LogP contribution in [0.4, 0.5) is 10.9 Å². The largest absolute Gasteiger partial charge is 0.493 e. The molecule has 2 N–H and O–H groups in total. The number of nitrogens with zero attached hydrogens (tertiary/aromatic N) is 4. The molecule has 1 aliphatic heterocycles. The minimum absolute atomic E-state index is 0.0338. The molecule has 10 nitrogen and oxygen atoms in total. The van der Waals surface area contributed by atoms with E-state index >= 15 is 0 Å². The Kier molecular flexibility index (Phi) is 9.94. The number of anilines is 2. The highest BCUT2D eigenvalue weighted by atomic mass is 32.1. The van der Waals surface area contributed by atoms with Crippen molar-refractivity contribution in [3.05, 3.63) is 107 Å². The zero-order valence-electron chi connectivity index (χ0n) is 26.4. The van der Waals surface area contributed by atoms with Gasteiger partial charge in [0, 0.05) is 31.3 Å². The van der Waals surface area contributed by atoms with Gasteiger partial charge in [0.25, 0.3) is 5.91 Å². The number of ether oxygens (including phenoxy) is 2. The molecule has 47 heavy (non-hydrogen) atoms. The summed E-state index contributed by atoms with van der Waals surface area (Å²) in [6.45, 7) is 2.93. The van der Waals surface area contributed by atoms with E-state index < -0.39 is 5.97 Å². The van der Waals surface area contributed by atoms with Crippen LogP contribution in [0.25, 0.3) is 10.2 Å². The summed E-state index contributed by atoms with van der Waals surface area (Å²) >= 11 is 1.44. The SMILES string of the molecule is CN(C)CCOc1cccc(OCCCc2ccc(N3CCc4cccc(C(=O)Nc5nc6ccccc6s5)c4C3)nc2C(=O)O)c1. The fourth-order valence-electron chi connectivity index (χ4n) is 5.57. The maximum absolute atomic E-state index is 13.4. The molecule has 242 valence electrons. The van der Waals surface area contributed by atoms with E-state index in [1.807, 2.05) is 97.9 Å². The quantitative estimate of drug-likeness (QED) is 0.145. The minimum atomic E-state index is -1.07. The van der Waals surface area contributed by atoms with Gasteiger partial charge in [-0.3, -0.25) is 10.1 Å². The molecule has 0 saturated carbocycles. The summed E-state index contributed by atoms with van der Waals surface area (Å²) in [5, 5.41) is 13.6. The lowest BCUT2D eigenvalue weighted by Crippen LogP contribution is -2.33. The molecule has 6 rings (SSSR count). The number of fused-ring (bicyclic) bond motifs is 2. The van der Waals surface area contributed by atoms with E-state index in [-0.39, 0.29) is 11.6 Å². The molecular formula is C36H37N5O5S. The number of benzene rings is 3. The van der Waals surface area contributed by atoms with Crippen molar-refractivity contribution in [2.75, 3.05) is 50.6 Å². The number of thiazole rings is 1. The number of likely N-dealkylation sites (N-methyl/N-ethyl adjacent to an activating group) is 1. The predicted molar refractivity (Wildman–Crippen MR) is 184 cm³/mol. The van der Waals surface area contributed by atoms with Gasteiger partial charge in [-0.05, 0) is 86.4 Å². The summed E-state index contributed by atoms with van der Waals surface area (Å²) in [7, 11) is 4.00. The number of amides is 1. The molecule has 0 atom stereocenters. The van der Waals surface area contributed by atoms with Gasteiger partial charge in [0.1, 0.15) is 23.9 Å². The van der Waals surface area contributed by atoms with Crippen LogP contribution in [-0.4, -0.2) is 72.2 Å². The molecule has 0 fully saturated rings. The number of pyridine rings is 1. The molecule has 0 bridgehead atoms. The molecule has 0 spiro atoms. The molecular weight excluding hydrogens is 614 g/mol.